The van der Waals surface area contributed by atoms with Crippen LogP contribution in [0.15, 0.2) is 41.3 Å². The summed E-state index contributed by atoms with van der Waals surface area (Å²) in [6.07, 6.45) is 3.45. The number of benzene rings is 2. The van der Waals surface area contributed by atoms with E-state index in [2.05, 4.69) is 31.2 Å². The molecule has 4 nitrogen and oxygen atoms in total. The first-order chi connectivity index (χ1) is 15.0. The van der Waals surface area contributed by atoms with Crippen molar-refractivity contribution in [2.24, 2.45) is 0 Å². The number of hydrogen-bond acceptors (Lipinski definition) is 5. The van der Waals surface area contributed by atoms with Crippen LogP contribution in [0.1, 0.15) is 36.8 Å². The SMILES string of the molecule is Cc1ccc(SCCCC(=O)N(CC2CCCO2)c2nc3c(C)cc(Cl)cc3s2)cc1. The van der Waals surface area contributed by atoms with E-state index < -0.39 is 0 Å². The van der Waals surface area contributed by atoms with Crippen molar-refractivity contribution in [1.82, 2.24) is 4.98 Å². The van der Waals surface area contributed by atoms with Gasteiger partial charge in [0.05, 0.1) is 22.9 Å². The maximum absolute atomic E-state index is 13.2. The van der Waals surface area contributed by atoms with E-state index >= 15 is 0 Å². The summed E-state index contributed by atoms with van der Waals surface area (Å²) in [4.78, 5) is 21.1. The Bertz CT molecular complexity index is 1050. The smallest absolute Gasteiger partial charge is 0.228 e. The van der Waals surface area contributed by atoms with Gasteiger partial charge in [0.25, 0.3) is 0 Å². The Kier molecular flexibility index (Phi) is 7.54. The van der Waals surface area contributed by atoms with Crippen molar-refractivity contribution in [3.63, 3.8) is 0 Å². The zero-order valence-corrected chi connectivity index (χ0v) is 20.3. The quantitative estimate of drug-likeness (QED) is 0.270. The van der Waals surface area contributed by atoms with Gasteiger partial charge in [-0.2, -0.15) is 0 Å². The number of hydrogen-bond donors (Lipinski definition) is 0. The Morgan fingerprint density at radius 2 is 2.10 bits per heavy atom. The molecule has 0 radical (unpaired) electrons. The minimum atomic E-state index is 0.0857. The van der Waals surface area contributed by atoms with E-state index in [-0.39, 0.29) is 12.0 Å². The Hall–Kier alpha value is -1.60. The average molecular weight is 475 g/mol. The number of anilines is 1. The van der Waals surface area contributed by atoms with Crippen LogP contribution in [-0.4, -0.2) is 35.9 Å². The number of carbonyl (C=O) groups is 1. The first-order valence-corrected chi connectivity index (χ1v) is 12.9. The number of thiazole rings is 1. The molecule has 2 aromatic carbocycles. The fourth-order valence-corrected chi connectivity index (χ4v) is 6.02. The lowest BCUT2D eigenvalue weighted by Gasteiger charge is -2.23. The summed E-state index contributed by atoms with van der Waals surface area (Å²) in [7, 11) is 0. The van der Waals surface area contributed by atoms with E-state index in [0.29, 0.717) is 18.0 Å². The summed E-state index contributed by atoms with van der Waals surface area (Å²) in [6.45, 7) is 5.44. The van der Waals surface area contributed by atoms with Gasteiger partial charge >= 0.3 is 0 Å². The second kappa shape index (κ2) is 10.3. The minimum Gasteiger partial charge on any atom is -0.376 e. The van der Waals surface area contributed by atoms with Crippen LogP contribution in [0.2, 0.25) is 5.02 Å². The van der Waals surface area contributed by atoms with Crippen molar-refractivity contribution >= 4 is 56.0 Å². The predicted molar refractivity (Wildman–Crippen MR) is 132 cm³/mol. The summed E-state index contributed by atoms with van der Waals surface area (Å²) < 4.78 is 6.84. The van der Waals surface area contributed by atoms with E-state index in [9.17, 15) is 4.79 Å². The van der Waals surface area contributed by atoms with Crippen LogP contribution >= 0.6 is 34.7 Å². The van der Waals surface area contributed by atoms with E-state index in [4.69, 9.17) is 21.3 Å². The van der Waals surface area contributed by atoms with Crippen LogP contribution in [0, 0.1) is 13.8 Å². The molecule has 1 unspecified atom stereocenters. The molecule has 164 valence electrons. The van der Waals surface area contributed by atoms with Crippen LogP contribution in [0.3, 0.4) is 0 Å². The maximum Gasteiger partial charge on any atom is 0.228 e. The number of rotatable bonds is 8. The van der Waals surface area contributed by atoms with Gasteiger partial charge in [0.2, 0.25) is 5.91 Å². The number of amides is 1. The molecule has 3 aromatic rings. The first-order valence-electron chi connectivity index (χ1n) is 10.7. The van der Waals surface area contributed by atoms with Gasteiger partial charge in [-0.3, -0.25) is 9.69 Å². The zero-order chi connectivity index (χ0) is 21.8. The van der Waals surface area contributed by atoms with Crippen LogP contribution in [-0.2, 0) is 9.53 Å². The fourth-order valence-electron chi connectivity index (χ4n) is 3.72. The molecule has 1 aliphatic rings. The zero-order valence-electron chi connectivity index (χ0n) is 17.9. The Morgan fingerprint density at radius 1 is 1.29 bits per heavy atom. The molecule has 0 N–H and O–H groups in total. The highest BCUT2D eigenvalue weighted by atomic mass is 35.5. The van der Waals surface area contributed by atoms with Crippen LogP contribution in [0.4, 0.5) is 5.13 Å². The lowest BCUT2D eigenvalue weighted by molar-refractivity contribution is -0.119. The number of aromatic nitrogens is 1. The molecular weight excluding hydrogens is 448 g/mol. The van der Waals surface area contributed by atoms with Gasteiger partial charge in [-0.25, -0.2) is 4.98 Å². The summed E-state index contributed by atoms with van der Waals surface area (Å²) in [5, 5.41) is 1.44. The van der Waals surface area contributed by atoms with Gasteiger partial charge in [0, 0.05) is 22.9 Å². The normalized spacial score (nSPS) is 16.2. The topological polar surface area (TPSA) is 42.4 Å². The van der Waals surface area contributed by atoms with Crippen molar-refractivity contribution < 1.29 is 9.53 Å². The number of halogens is 1. The van der Waals surface area contributed by atoms with Crippen molar-refractivity contribution in [1.29, 1.82) is 0 Å². The van der Waals surface area contributed by atoms with Crippen molar-refractivity contribution in [2.45, 2.75) is 50.5 Å². The lowest BCUT2D eigenvalue weighted by atomic mass is 10.2. The molecular formula is C24H27ClN2O2S2. The molecule has 1 aliphatic heterocycles. The molecule has 2 heterocycles. The van der Waals surface area contributed by atoms with Crippen LogP contribution in [0.25, 0.3) is 10.2 Å². The maximum atomic E-state index is 13.2. The number of nitrogens with zero attached hydrogens (tertiary/aromatic N) is 2. The number of fused-ring (bicyclic) bond motifs is 1. The highest BCUT2D eigenvalue weighted by molar-refractivity contribution is 7.99. The largest absolute Gasteiger partial charge is 0.376 e. The average Bonchev–Trinajstić information content (AvgIpc) is 3.40. The van der Waals surface area contributed by atoms with E-state index in [1.165, 1.54) is 21.8 Å². The Balaban J connectivity index is 1.44. The second-order valence-corrected chi connectivity index (χ2v) is 10.6. The standard InChI is InChI=1S/C24H27ClN2O2S2/c1-16-7-9-20(10-8-16)30-12-4-6-22(28)27(15-19-5-3-11-29-19)24-26-23-17(2)13-18(25)14-21(23)31-24/h7-10,13-14,19H,3-6,11-12,15H2,1-2H3. The second-order valence-electron chi connectivity index (χ2n) is 7.97. The predicted octanol–water partition coefficient (Wildman–Crippen LogP) is 6.65. The monoisotopic (exact) mass is 474 g/mol. The number of thioether (sulfide) groups is 1. The summed E-state index contributed by atoms with van der Waals surface area (Å²) >= 11 is 9.56. The number of ether oxygens (including phenoxy) is 1. The van der Waals surface area contributed by atoms with Gasteiger partial charge in [-0.05, 0) is 68.7 Å². The highest BCUT2D eigenvalue weighted by Gasteiger charge is 2.26. The molecule has 1 aromatic heterocycles. The number of aryl methyl sites for hydroxylation is 2. The molecule has 0 bridgehead atoms. The summed E-state index contributed by atoms with van der Waals surface area (Å²) in [5.41, 5.74) is 3.21. The Labute approximate surface area is 196 Å². The summed E-state index contributed by atoms with van der Waals surface area (Å²) in [5.74, 6) is 1.03. The van der Waals surface area contributed by atoms with Crippen molar-refractivity contribution in [3.8, 4) is 0 Å². The third kappa shape index (κ3) is 5.80. The Morgan fingerprint density at radius 3 is 2.84 bits per heavy atom. The molecule has 0 saturated carbocycles. The van der Waals surface area contributed by atoms with Crippen LogP contribution in [0.5, 0.6) is 0 Å². The van der Waals surface area contributed by atoms with Crippen LogP contribution < -0.4 is 4.90 Å². The van der Waals surface area contributed by atoms with Gasteiger partial charge in [-0.1, -0.05) is 40.6 Å². The number of carbonyl (C=O) groups excluding carboxylic acids is 1. The molecule has 1 atom stereocenters. The van der Waals surface area contributed by atoms with Crippen molar-refractivity contribution in [2.75, 3.05) is 23.8 Å². The van der Waals surface area contributed by atoms with E-state index in [1.807, 2.05) is 24.0 Å². The molecule has 1 amide bonds. The van der Waals surface area contributed by atoms with Crippen molar-refractivity contribution in [3.05, 3.63) is 52.5 Å². The highest BCUT2D eigenvalue weighted by Crippen LogP contribution is 2.34. The fraction of sp³-hybridized carbons (Fsp3) is 0.417. The van der Waals surface area contributed by atoms with E-state index in [0.717, 1.165) is 52.5 Å². The molecule has 31 heavy (non-hydrogen) atoms. The van der Waals surface area contributed by atoms with Gasteiger partial charge < -0.3 is 4.74 Å². The molecule has 1 saturated heterocycles. The molecule has 0 spiro atoms. The van der Waals surface area contributed by atoms with E-state index in [1.54, 1.807) is 11.8 Å². The van der Waals surface area contributed by atoms with Gasteiger partial charge in [0.1, 0.15) is 0 Å². The lowest BCUT2D eigenvalue weighted by Crippen LogP contribution is -2.37. The molecule has 4 rings (SSSR count). The third-order valence-electron chi connectivity index (χ3n) is 5.41. The minimum absolute atomic E-state index is 0.0857. The third-order valence-corrected chi connectivity index (χ3v) is 7.75. The summed E-state index contributed by atoms with van der Waals surface area (Å²) in [6, 6.07) is 12.4. The van der Waals surface area contributed by atoms with Gasteiger partial charge in [-0.15, -0.1) is 11.8 Å². The molecule has 7 heteroatoms. The molecule has 1 fully saturated rings. The molecule has 0 aliphatic carbocycles. The van der Waals surface area contributed by atoms with Gasteiger partial charge in [0.15, 0.2) is 5.13 Å². The first kappa shape index (κ1) is 22.6.